The number of hydrogen-bond donors (Lipinski definition) is 0. The van der Waals surface area contributed by atoms with Crippen LogP contribution in [0.1, 0.15) is 22.8 Å². The number of nitrogens with zero attached hydrogens (tertiary/aromatic N) is 2. The van der Waals surface area contributed by atoms with Gasteiger partial charge in [-0.25, -0.2) is 0 Å². The first kappa shape index (κ1) is 11.1. The van der Waals surface area contributed by atoms with E-state index in [1.165, 1.54) is 6.92 Å². The van der Waals surface area contributed by atoms with Crippen LogP contribution in [0.15, 0.2) is 12.1 Å². The van der Waals surface area contributed by atoms with Gasteiger partial charge in [0.25, 0.3) is 5.69 Å². The lowest BCUT2D eigenvalue weighted by atomic mass is 10.1. The number of carbonyl (C=O) groups is 1. The zero-order valence-corrected chi connectivity index (χ0v) is 8.41. The molecule has 0 unspecified atom stereocenters. The molecule has 0 atom stereocenters. The van der Waals surface area contributed by atoms with E-state index < -0.39 is 16.4 Å². The summed E-state index contributed by atoms with van der Waals surface area (Å²) in [5.41, 5.74) is -0.483. The van der Waals surface area contributed by atoms with Gasteiger partial charge in [0, 0.05) is 0 Å². The summed E-state index contributed by atoms with van der Waals surface area (Å²) in [5.74, 6) is -0.499. The van der Waals surface area contributed by atoms with Crippen LogP contribution in [-0.4, -0.2) is 10.7 Å². The van der Waals surface area contributed by atoms with Gasteiger partial charge >= 0.3 is 0 Å². The Labute approximate surface area is 90.0 Å². The largest absolute Gasteiger partial charge is 0.298 e. The number of nitro groups is 1. The van der Waals surface area contributed by atoms with Crippen molar-refractivity contribution in [3.8, 4) is 6.07 Å². The highest BCUT2D eigenvalue weighted by molar-refractivity contribution is 6.33. The molecule has 1 aromatic rings. The van der Waals surface area contributed by atoms with Gasteiger partial charge in [0.2, 0.25) is 0 Å². The molecule has 0 spiro atoms. The van der Waals surface area contributed by atoms with Crippen LogP contribution in [0, 0.1) is 21.4 Å². The molecule has 0 amide bonds. The zero-order chi connectivity index (χ0) is 11.6. The molecule has 5 nitrogen and oxygen atoms in total. The van der Waals surface area contributed by atoms with Gasteiger partial charge in [0.05, 0.1) is 22.1 Å². The van der Waals surface area contributed by atoms with Gasteiger partial charge in [-0.3, -0.25) is 14.9 Å². The van der Waals surface area contributed by atoms with Crippen molar-refractivity contribution in [1.29, 1.82) is 5.26 Å². The molecule has 0 fully saturated rings. The van der Waals surface area contributed by atoms with Crippen LogP contribution >= 0.6 is 11.6 Å². The second-order valence-corrected chi connectivity index (χ2v) is 3.19. The lowest BCUT2D eigenvalue weighted by Crippen LogP contribution is -2.01. The average Bonchev–Trinajstić information content (AvgIpc) is 2.15. The number of hydrogen-bond acceptors (Lipinski definition) is 4. The van der Waals surface area contributed by atoms with Crippen LogP contribution in [0.25, 0.3) is 0 Å². The second kappa shape index (κ2) is 4.07. The smallest absolute Gasteiger partial charge is 0.294 e. The van der Waals surface area contributed by atoms with Crippen molar-refractivity contribution >= 4 is 23.1 Å². The van der Waals surface area contributed by atoms with Crippen LogP contribution in [0.3, 0.4) is 0 Å². The van der Waals surface area contributed by atoms with Crippen LogP contribution in [-0.2, 0) is 0 Å². The van der Waals surface area contributed by atoms with Crippen LogP contribution in [0.4, 0.5) is 5.69 Å². The van der Waals surface area contributed by atoms with Gasteiger partial charge in [0.15, 0.2) is 5.78 Å². The number of rotatable bonds is 2. The summed E-state index contributed by atoms with van der Waals surface area (Å²) in [6, 6.07) is 4.09. The minimum atomic E-state index is -0.736. The monoisotopic (exact) mass is 224 g/mol. The Balaban J connectivity index is 3.58. The first-order valence-corrected chi connectivity index (χ1v) is 4.24. The van der Waals surface area contributed by atoms with E-state index in [0.29, 0.717) is 0 Å². The molecule has 0 aliphatic carbocycles. The zero-order valence-electron chi connectivity index (χ0n) is 7.65. The number of carbonyl (C=O) groups excluding carboxylic acids is 1. The van der Waals surface area contributed by atoms with Gasteiger partial charge in [-0.15, -0.1) is 0 Å². The Kier molecular flexibility index (Phi) is 3.02. The van der Waals surface area contributed by atoms with Crippen LogP contribution < -0.4 is 0 Å². The molecule has 6 heteroatoms. The van der Waals surface area contributed by atoms with E-state index in [1.54, 1.807) is 6.07 Å². The van der Waals surface area contributed by atoms with E-state index in [9.17, 15) is 14.9 Å². The predicted octanol–water partition coefficient (Wildman–Crippen LogP) is 2.32. The maximum absolute atomic E-state index is 11.1. The first-order chi connectivity index (χ1) is 6.97. The fraction of sp³-hybridized carbons (Fsp3) is 0.111. The van der Waals surface area contributed by atoms with Gasteiger partial charge in [-0.1, -0.05) is 11.6 Å². The van der Waals surface area contributed by atoms with E-state index >= 15 is 0 Å². The second-order valence-electron chi connectivity index (χ2n) is 2.78. The third-order valence-corrected chi connectivity index (χ3v) is 2.04. The van der Waals surface area contributed by atoms with Gasteiger partial charge in [-0.05, 0) is 19.1 Å². The van der Waals surface area contributed by atoms with E-state index in [4.69, 9.17) is 16.9 Å². The lowest BCUT2D eigenvalue weighted by Gasteiger charge is -2.01. The highest BCUT2D eigenvalue weighted by atomic mass is 35.5. The SMILES string of the molecule is CC(=O)c1cc(C#N)cc(Cl)c1[N+](=O)[O-]. The summed E-state index contributed by atoms with van der Waals surface area (Å²) in [7, 11) is 0. The minimum Gasteiger partial charge on any atom is -0.294 e. The van der Waals surface area contributed by atoms with Gasteiger partial charge in [-0.2, -0.15) is 5.26 Å². The van der Waals surface area contributed by atoms with Crippen molar-refractivity contribution in [3.63, 3.8) is 0 Å². The summed E-state index contributed by atoms with van der Waals surface area (Å²) in [5, 5.41) is 19.0. The fourth-order valence-electron chi connectivity index (χ4n) is 1.12. The summed E-state index contributed by atoms with van der Waals surface area (Å²) < 4.78 is 0. The number of benzene rings is 1. The molecule has 0 saturated carbocycles. The molecular formula is C9H5ClN2O3. The average molecular weight is 225 g/mol. The molecule has 0 aromatic heterocycles. The minimum absolute atomic E-state index is 0.121. The number of halogens is 1. The quantitative estimate of drug-likeness (QED) is 0.438. The van der Waals surface area contributed by atoms with Crippen LogP contribution in [0.2, 0.25) is 5.02 Å². The molecule has 1 aromatic carbocycles. The number of nitro benzene ring substituents is 1. The number of nitriles is 1. The molecule has 0 bridgehead atoms. The Morgan fingerprint density at radius 1 is 1.60 bits per heavy atom. The van der Waals surface area contributed by atoms with Crippen molar-refractivity contribution in [2.75, 3.05) is 0 Å². The third kappa shape index (κ3) is 2.11. The van der Waals surface area contributed by atoms with E-state index in [-0.39, 0.29) is 16.1 Å². The van der Waals surface area contributed by atoms with Crippen molar-refractivity contribution < 1.29 is 9.72 Å². The fourth-order valence-corrected chi connectivity index (χ4v) is 1.41. The molecule has 0 N–H and O–H groups in total. The molecule has 1 rings (SSSR count). The van der Waals surface area contributed by atoms with Crippen LogP contribution in [0.5, 0.6) is 0 Å². The number of ketones is 1. The summed E-state index contributed by atoms with van der Waals surface area (Å²) >= 11 is 5.61. The first-order valence-electron chi connectivity index (χ1n) is 3.86. The molecular weight excluding hydrogens is 220 g/mol. The Bertz CT molecular complexity index is 491. The normalized spacial score (nSPS) is 9.40. The molecule has 0 radical (unpaired) electrons. The van der Waals surface area contributed by atoms with Crippen molar-refractivity contribution in [3.05, 3.63) is 38.4 Å². The molecule has 0 heterocycles. The van der Waals surface area contributed by atoms with Gasteiger partial charge < -0.3 is 0 Å². The Morgan fingerprint density at radius 3 is 2.60 bits per heavy atom. The van der Waals surface area contributed by atoms with E-state index in [0.717, 1.165) is 12.1 Å². The topological polar surface area (TPSA) is 84.0 Å². The molecule has 0 saturated heterocycles. The van der Waals surface area contributed by atoms with E-state index in [1.807, 2.05) is 0 Å². The van der Waals surface area contributed by atoms with E-state index in [2.05, 4.69) is 0 Å². The summed E-state index contributed by atoms with van der Waals surface area (Å²) in [4.78, 5) is 21.0. The maximum Gasteiger partial charge on any atom is 0.298 e. The van der Waals surface area contributed by atoms with Crippen molar-refractivity contribution in [2.45, 2.75) is 6.92 Å². The number of Topliss-reactive ketones (excluding diaryl/α,β-unsaturated/α-hetero) is 1. The van der Waals surface area contributed by atoms with Crippen molar-refractivity contribution in [2.24, 2.45) is 0 Å². The summed E-state index contributed by atoms with van der Waals surface area (Å²) in [6.07, 6.45) is 0. The highest BCUT2D eigenvalue weighted by Gasteiger charge is 2.22. The molecule has 0 aliphatic rings. The molecule has 0 aliphatic heterocycles. The Hall–Kier alpha value is -1.93. The predicted molar refractivity (Wildman–Crippen MR) is 52.8 cm³/mol. The molecule has 76 valence electrons. The maximum atomic E-state index is 11.1. The Morgan fingerprint density at radius 2 is 2.20 bits per heavy atom. The van der Waals surface area contributed by atoms with Crippen molar-refractivity contribution in [1.82, 2.24) is 0 Å². The summed E-state index contributed by atoms with van der Waals surface area (Å²) in [6.45, 7) is 1.18. The standard InChI is InChI=1S/C9H5ClN2O3/c1-5(13)7-2-6(4-11)3-8(10)9(7)12(14)15/h2-3H,1H3. The lowest BCUT2D eigenvalue weighted by molar-refractivity contribution is -0.385. The van der Waals surface area contributed by atoms with Gasteiger partial charge in [0.1, 0.15) is 5.02 Å². The highest BCUT2D eigenvalue weighted by Crippen LogP contribution is 2.30. The third-order valence-electron chi connectivity index (χ3n) is 1.75. The molecule has 15 heavy (non-hydrogen) atoms.